The third-order valence-corrected chi connectivity index (χ3v) is 3.28. The van der Waals surface area contributed by atoms with Gasteiger partial charge in [0.25, 0.3) is 0 Å². The molecule has 0 unspecified atom stereocenters. The Bertz CT molecular complexity index is 511. The molecule has 0 aliphatic heterocycles. The van der Waals surface area contributed by atoms with Gasteiger partial charge in [-0.2, -0.15) is 0 Å². The van der Waals surface area contributed by atoms with Crippen LogP contribution in [0, 0.1) is 0 Å². The molecular weight excluding hydrogens is 246 g/mol. The van der Waals surface area contributed by atoms with Crippen LogP contribution in [-0.4, -0.2) is 16.8 Å². The van der Waals surface area contributed by atoms with E-state index in [0.717, 1.165) is 10.6 Å². The lowest BCUT2D eigenvalue weighted by Crippen LogP contribution is -2.13. The normalized spacial score (nSPS) is 10.0. The van der Waals surface area contributed by atoms with Gasteiger partial charge in [0.05, 0.1) is 5.75 Å². The highest BCUT2D eigenvalue weighted by atomic mass is 32.2. The van der Waals surface area contributed by atoms with Crippen molar-refractivity contribution in [3.63, 3.8) is 0 Å². The van der Waals surface area contributed by atoms with Crippen molar-refractivity contribution < 1.29 is 9.90 Å². The van der Waals surface area contributed by atoms with Crippen LogP contribution >= 0.6 is 11.8 Å². The Morgan fingerprint density at radius 1 is 1.06 bits per heavy atom. The maximum absolute atomic E-state index is 11.7. The molecule has 0 atom stereocenters. The number of benzene rings is 2. The highest BCUT2D eigenvalue weighted by Gasteiger charge is 2.03. The van der Waals surface area contributed by atoms with Gasteiger partial charge in [-0.25, -0.2) is 0 Å². The number of thioether (sulfide) groups is 1. The van der Waals surface area contributed by atoms with Gasteiger partial charge in [-0.1, -0.05) is 18.2 Å². The van der Waals surface area contributed by atoms with Crippen molar-refractivity contribution in [2.24, 2.45) is 0 Å². The zero-order valence-corrected chi connectivity index (χ0v) is 10.5. The molecule has 0 bridgehead atoms. The summed E-state index contributed by atoms with van der Waals surface area (Å²) in [6.07, 6.45) is 0. The Hall–Kier alpha value is -1.94. The van der Waals surface area contributed by atoms with Crippen molar-refractivity contribution in [3.05, 3.63) is 54.6 Å². The number of nitrogens with one attached hydrogen (secondary N) is 1. The molecule has 2 aromatic carbocycles. The highest BCUT2D eigenvalue weighted by Crippen LogP contribution is 2.20. The minimum atomic E-state index is -0.0423. The van der Waals surface area contributed by atoms with Gasteiger partial charge in [0.15, 0.2) is 0 Å². The van der Waals surface area contributed by atoms with Crippen molar-refractivity contribution in [1.29, 1.82) is 0 Å². The number of anilines is 1. The number of rotatable bonds is 4. The number of phenols is 1. The minimum Gasteiger partial charge on any atom is -0.508 e. The van der Waals surface area contributed by atoms with Gasteiger partial charge in [0, 0.05) is 10.6 Å². The van der Waals surface area contributed by atoms with Crippen LogP contribution in [0.3, 0.4) is 0 Å². The standard InChI is InChI=1S/C14H13NO2S/c16-12-6-8-13(9-7-12)18-10-14(17)15-11-4-2-1-3-5-11/h1-9,16H,10H2,(H,15,17). The Morgan fingerprint density at radius 2 is 1.72 bits per heavy atom. The maximum Gasteiger partial charge on any atom is 0.234 e. The zero-order chi connectivity index (χ0) is 12.8. The lowest BCUT2D eigenvalue weighted by Gasteiger charge is -2.04. The van der Waals surface area contributed by atoms with E-state index in [2.05, 4.69) is 5.32 Å². The van der Waals surface area contributed by atoms with Crippen LogP contribution < -0.4 is 5.32 Å². The molecule has 0 saturated heterocycles. The molecule has 0 radical (unpaired) electrons. The van der Waals surface area contributed by atoms with E-state index in [1.165, 1.54) is 11.8 Å². The molecule has 0 aromatic heterocycles. The monoisotopic (exact) mass is 259 g/mol. The maximum atomic E-state index is 11.7. The second-order valence-corrected chi connectivity index (χ2v) is 4.75. The van der Waals surface area contributed by atoms with Gasteiger partial charge in [-0.05, 0) is 36.4 Å². The summed E-state index contributed by atoms with van der Waals surface area (Å²) in [4.78, 5) is 12.6. The summed E-state index contributed by atoms with van der Waals surface area (Å²) in [5, 5.41) is 12.0. The predicted molar refractivity (Wildman–Crippen MR) is 73.9 cm³/mol. The van der Waals surface area contributed by atoms with Crippen molar-refractivity contribution in [1.82, 2.24) is 0 Å². The number of aromatic hydroxyl groups is 1. The van der Waals surface area contributed by atoms with E-state index in [0.29, 0.717) is 5.75 Å². The first-order valence-electron chi connectivity index (χ1n) is 5.51. The first-order chi connectivity index (χ1) is 8.74. The number of carbonyl (C=O) groups excluding carboxylic acids is 1. The molecule has 2 rings (SSSR count). The summed E-state index contributed by atoms with van der Waals surface area (Å²) in [5.41, 5.74) is 0.800. The van der Waals surface area contributed by atoms with Gasteiger partial charge in [0.2, 0.25) is 5.91 Å². The fourth-order valence-electron chi connectivity index (χ4n) is 1.41. The van der Waals surface area contributed by atoms with Gasteiger partial charge in [-0.15, -0.1) is 11.8 Å². The van der Waals surface area contributed by atoms with Crippen LogP contribution in [0.5, 0.6) is 5.75 Å². The fraction of sp³-hybridized carbons (Fsp3) is 0.0714. The molecule has 0 aliphatic rings. The van der Waals surface area contributed by atoms with E-state index in [-0.39, 0.29) is 11.7 Å². The fourth-order valence-corrected chi connectivity index (χ4v) is 2.11. The van der Waals surface area contributed by atoms with Crippen LogP contribution in [-0.2, 0) is 4.79 Å². The molecule has 2 aromatic rings. The summed E-state index contributed by atoms with van der Waals surface area (Å²) in [6.45, 7) is 0. The third kappa shape index (κ3) is 3.82. The van der Waals surface area contributed by atoms with Gasteiger partial charge >= 0.3 is 0 Å². The average molecular weight is 259 g/mol. The van der Waals surface area contributed by atoms with Crippen molar-refractivity contribution in [3.8, 4) is 5.75 Å². The largest absolute Gasteiger partial charge is 0.508 e. The molecule has 18 heavy (non-hydrogen) atoms. The molecule has 0 heterocycles. The van der Waals surface area contributed by atoms with Crippen LogP contribution in [0.4, 0.5) is 5.69 Å². The molecule has 3 nitrogen and oxygen atoms in total. The molecule has 0 spiro atoms. The van der Waals surface area contributed by atoms with Crippen LogP contribution in [0.25, 0.3) is 0 Å². The van der Waals surface area contributed by atoms with Gasteiger partial charge in [-0.3, -0.25) is 4.79 Å². The van der Waals surface area contributed by atoms with Crippen LogP contribution in [0.1, 0.15) is 0 Å². The summed E-state index contributed by atoms with van der Waals surface area (Å²) in [6, 6.07) is 16.2. The molecule has 0 aliphatic carbocycles. The Labute approximate surface area is 110 Å². The average Bonchev–Trinajstić information content (AvgIpc) is 2.39. The molecule has 4 heteroatoms. The topological polar surface area (TPSA) is 49.3 Å². The third-order valence-electron chi connectivity index (χ3n) is 2.26. The van der Waals surface area contributed by atoms with Crippen molar-refractivity contribution >= 4 is 23.4 Å². The number of para-hydroxylation sites is 1. The first kappa shape index (κ1) is 12.5. The lowest BCUT2D eigenvalue weighted by atomic mass is 10.3. The molecule has 92 valence electrons. The highest BCUT2D eigenvalue weighted by molar-refractivity contribution is 8.00. The summed E-state index contributed by atoms with van der Waals surface area (Å²) >= 11 is 1.43. The summed E-state index contributed by atoms with van der Waals surface area (Å²) in [7, 11) is 0. The molecule has 1 amide bonds. The number of carbonyl (C=O) groups is 1. The number of phenolic OH excluding ortho intramolecular Hbond substituents is 1. The molecule has 2 N–H and O–H groups in total. The van der Waals surface area contributed by atoms with Crippen molar-refractivity contribution in [2.75, 3.05) is 11.1 Å². The SMILES string of the molecule is O=C(CSc1ccc(O)cc1)Nc1ccccc1. The summed E-state index contributed by atoms with van der Waals surface area (Å²) in [5.74, 6) is 0.534. The van der Waals surface area contributed by atoms with E-state index in [1.807, 2.05) is 30.3 Å². The van der Waals surface area contributed by atoms with E-state index in [4.69, 9.17) is 5.11 Å². The Balaban J connectivity index is 1.83. The molecular formula is C14H13NO2S. The van der Waals surface area contributed by atoms with E-state index >= 15 is 0 Å². The number of amides is 1. The van der Waals surface area contributed by atoms with Crippen LogP contribution in [0.15, 0.2) is 59.5 Å². The summed E-state index contributed by atoms with van der Waals surface area (Å²) < 4.78 is 0. The van der Waals surface area contributed by atoms with Gasteiger partial charge < -0.3 is 10.4 Å². The Morgan fingerprint density at radius 3 is 2.39 bits per heavy atom. The molecule has 0 fully saturated rings. The first-order valence-corrected chi connectivity index (χ1v) is 6.49. The second-order valence-electron chi connectivity index (χ2n) is 3.70. The van der Waals surface area contributed by atoms with Crippen molar-refractivity contribution in [2.45, 2.75) is 4.90 Å². The number of hydrogen-bond acceptors (Lipinski definition) is 3. The second kappa shape index (κ2) is 6.12. The van der Waals surface area contributed by atoms with E-state index in [9.17, 15) is 4.79 Å². The van der Waals surface area contributed by atoms with Crippen LogP contribution in [0.2, 0.25) is 0 Å². The van der Waals surface area contributed by atoms with E-state index < -0.39 is 0 Å². The predicted octanol–water partition coefficient (Wildman–Crippen LogP) is 3.12. The van der Waals surface area contributed by atoms with Gasteiger partial charge in [0.1, 0.15) is 5.75 Å². The lowest BCUT2D eigenvalue weighted by molar-refractivity contribution is -0.113. The molecule has 0 saturated carbocycles. The van der Waals surface area contributed by atoms with E-state index in [1.54, 1.807) is 24.3 Å². The zero-order valence-electron chi connectivity index (χ0n) is 9.67. The number of hydrogen-bond donors (Lipinski definition) is 2. The quantitative estimate of drug-likeness (QED) is 0.829. The smallest absolute Gasteiger partial charge is 0.234 e. The minimum absolute atomic E-state index is 0.0423. The Kier molecular flexibility index (Phi) is 4.25.